The number of anilines is 1. The molecule has 1 aliphatic heterocycles. The fourth-order valence-corrected chi connectivity index (χ4v) is 5.30. The van der Waals surface area contributed by atoms with Crippen LogP contribution in [0.1, 0.15) is 61.5 Å². The fourth-order valence-electron chi connectivity index (χ4n) is 5.30. The summed E-state index contributed by atoms with van der Waals surface area (Å²) in [5.41, 5.74) is 2.21. The quantitative estimate of drug-likeness (QED) is 0.181. The average Bonchev–Trinajstić information content (AvgIpc) is 3.51. The Balaban J connectivity index is 1.21. The van der Waals surface area contributed by atoms with Crippen LogP contribution in [-0.4, -0.2) is 62.8 Å². The largest absolute Gasteiger partial charge is 0.480 e. The number of likely N-dealkylation sites (tertiary alicyclic amines) is 1. The van der Waals surface area contributed by atoms with E-state index in [9.17, 15) is 19.5 Å². The zero-order valence-electron chi connectivity index (χ0n) is 26.6. The lowest BCUT2D eigenvalue weighted by Crippen LogP contribution is -2.42. The van der Waals surface area contributed by atoms with Gasteiger partial charge in [0.1, 0.15) is 17.5 Å². The lowest BCUT2D eigenvalue weighted by molar-refractivity contribution is -0.139. The molecule has 0 aliphatic carbocycles. The Morgan fingerprint density at radius 3 is 2.43 bits per heavy atom. The number of nitrogens with one attached hydrogen (secondary N) is 2. The molecule has 4 aromatic rings. The van der Waals surface area contributed by atoms with E-state index in [0.717, 1.165) is 38.0 Å². The molecule has 47 heavy (non-hydrogen) atoms. The molecule has 0 saturated carbocycles. The zero-order valence-corrected chi connectivity index (χ0v) is 26.6. The molecule has 3 N–H and O–H groups in total. The fraction of sp³-hybridized carbons (Fsp3) is 0.343. The van der Waals surface area contributed by atoms with Crippen LogP contribution >= 0.6 is 0 Å². The third kappa shape index (κ3) is 9.23. The first kappa shape index (κ1) is 33.3. The first-order valence-corrected chi connectivity index (χ1v) is 15.5. The minimum Gasteiger partial charge on any atom is -0.480 e. The van der Waals surface area contributed by atoms with Crippen molar-refractivity contribution in [3.05, 3.63) is 89.2 Å². The van der Waals surface area contributed by atoms with Crippen LogP contribution in [0.15, 0.2) is 71.3 Å². The molecule has 1 aromatic heterocycles. The maximum atomic E-state index is 15.2. The third-order valence-corrected chi connectivity index (χ3v) is 7.56. The minimum atomic E-state index is -1.27. The number of carboxylic acid groups (broad SMARTS) is 1. The number of nitrogens with zero attached hydrogens (tertiary/aromatic N) is 3. The molecule has 1 fully saturated rings. The molecule has 1 unspecified atom stereocenters. The number of carbonyl (C=O) groups is 3. The summed E-state index contributed by atoms with van der Waals surface area (Å²) in [4.78, 5) is 43.7. The number of carboxylic acids is 1. The summed E-state index contributed by atoms with van der Waals surface area (Å²) in [6.07, 6.45) is 2.82. The summed E-state index contributed by atoms with van der Waals surface area (Å²) in [7, 11) is 0. The van der Waals surface area contributed by atoms with E-state index in [1.165, 1.54) is 18.6 Å². The van der Waals surface area contributed by atoms with E-state index in [0.29, 0.717) is 22.4 Å². The van der Waals surface area contributed by atoms with Crippen LogP contribution in [0.4, 0.5) is 14.9 Å². The van der Waals surface area contributed by atoms with Gasteiger partial charge in [0.25, 0.3) is 11.8 Å². The SMILES string of the molecule is CC(C)(C)OC(=O)Nc1ccc(-c2nc(-c3ccc(CC(NC(=O)c4cccc(CN5CCCCC5)c4)C(=O)O)cc3F)no2)cc1. The van der Waals surface area contributed by atoms with Gasteiger partial charge in [-0.2, -0.15) is 4.98 Å². The van der Waals surface area contributed by atoms with Crippen molar-refractivity contribution >= 4 is 23.7 Å². The van der Waals surface area contributed by atoms with E-state index < -0.39 is 35.4 Å². The summed E-state index contributed by atoms with van der Waals surface area (Å²) in [6.45, 7) is 8.07. The van der Waals surface area contributed by atoms with Crippen molar-refractivity contribution in [3.63, 3.8) is 0 Å². The lowest BCUT2D eigenvalue weighted by Gasteiger charge is -2.26. The molecule has 1 saturated heterocycles. The molecular formula is C35H38FN5O6. The Kier molecular flexibility index (Phi) is 10.3. The maximum Gasteiger partial charge on any atom is 0.412 e. The minimum absolute atomic E-state index is 0.00697. The number of hydrogen-bond acceptors (Lipinski definition) is 8. The number of rotatable bonds is 10. The van der Waals surface area contributed by atoms with Gasteiger partial charge in [-0.3, -0.25) is 15.0 Å². The summed E-state index contributed by atoms with van der Waals surface area (Å²) < 4.78 is 25.8. The number of halogens is 1. The van der Waals surface area contributed by atoms with Crippen molar-refractivity contribution in [2.24, 2.45) is 0 Å². The van der Waals surface area contributed by atoms with Crippen molar-refractivity contribution in [2.75, 3.05) is 18.4 Å². The molecule has 12 heteroatoms. The molecule has 1 aliphatic rings. The molecule has 2 amide bonds. The van der Waals surface area contributed by atoms with Crippen molar-refractivity contribution < 1.29 is 33.1 Å². The highest BCUT2D eigenvalue weighted by Crippen LogP contribution is 2.26. The molecule has 2 heterocycles. The molecule has 0 bridgehead atoms. The van der Waals surface area contributed by atoms with Crippen LogP contribution in [0.2, 0.25) is 0 Å². The van der Waals surface area contributed by atoms with Gasteiger partial charge in [0.15, 0.2) is 0 Å². The van der Waals surface area contributed by atoms with Crippen molar-refractivity contribution in [3.8, 4) is 22.8 Å². The van der Waals surface area contributed by atoms with Gasteiger partial charge in [-0.05, 0) is 106 Å². The van der Waals surface area contributed by atoms with E-state index in [4.69, 9.17) is 9.26 Å². The number of benzene rings is 3. The Morgan fingerprint density at radius 1 is 1.00 bits per heavy atom. The van der Waals surface area contributed by atoms with Crippen LogP contribution in [0, 0.1) is 5.82 Å². The van der Waals surface area contributed by atoms with Gasteiger partial charge < -0.3 is 19.7 Å². The highest BCUT2D eigenvalue weighted by molar-refractivity contribution is 5.96. The predicted octanol–water partition coefficient (Wildman–Crippen LogP) is 6.30. The van der Waals surface area contributed by atoms with E-state index in [2.05, 4.69) is 25.7 Å². The Labute approximate surface area is 272 Å². The van der Waals surface area contributed by atoms with E-state index >= 15 is 4.39 Å². The number of amides is 2. The van der Waals surface area contributed by atoms with Crippen molar-refractivity contribution in [1.29, 1.82) is 0 Å². The molecular weight excluding hydrogens is 605 g/mol. The standard InChI is InChI=1S/C35H38FN5O6/c1-35(2,3)46-34(45)37-26-13-11-24(12-14-26)32-39-30(40-47-32)27-15-10-22(19-28(27)36)20-29(33(43)44)38-31(42)25-9-7-8-23(18-25)21-41-16-5-4-6-17-41/h7-15,18-19,29H,4-6,16-17,20-21H2,1-3H3,(H,37,45)(H,38,42)(H,43,44). The van der Waals surface area contributed by atoms with Crippen LogP contribution in [0.3, 0.4) is 0 Å². The average molecular weight is 644 g/mol. The number of aromatic nitrogens is 2. The third-order valence-electron chi connectivity index (χ3n) is 7.56. The number of piperidine rings is 1. The van der Waals surface area contributed by atoms with Crippen molar-refractivity contribution in [1.82, 2.24) is 20.4 Å². The topological polar surface area (TPSA) is 147 Å². The van der Waals surface area contributed by atoms with E-state index in [-0.39, 0.29) is 23.7 Å². The second-order valence-corrected chi connectivity index (χ2v) is 12.5. The molecule has 5 rings (SSSR count). The van der Waals surface area contributed by atoms with Gasteiger partial charge in [-0.25, -0.2) is 14.0 Å². The highest BCUT2D eigenvalue weighted by atomic mass is 19.1. The summed E-state index contributed by atoms with van der Waals surface area (Å²) in [6, 6.07) is 16.7. The smallest absolute Gasteiger partial charge is 0.412 e. The number of hydrogen-bond donors (Lipinski definition) is 3. The van der Waals surface area contributed by atoms with Crippen LogP contribution < -0.4 is 10.6 Å². The van der Waals surface area contributed by atoms with E-state index in [1.807, 2.05) is 6.07 Å². The van der Waals surface area contributed by atoms with Gasteiger partial charge in [-0.15, -0.1) is 0 Å². The van der Waals surface area contributed by atoms with Crippen LogP contribution in [0.5, 0.6) is 0 Å². The Hall–Kier alpha value is -5.10. The van der Waals surface area contributed by atoms with Crippen LogP contribution in [0.25, 0.3) is 22.8 Å². The molecule has 1 atom stereocenters. The Bertz CT molecular complexity index is 1730. The van der Waals surface area contributed by atoms with E-state index in [1.54, 1.807) is 69.3 Å². The molecule has 3 aromatic carbocycles. The highest BCUT2D eigenvalue weighted by Gasteiger charge is 2.23. The number of carbonyl (C=O) groups excluding carboxylic acids is 2. The summed E-state index contributed by atoms with van der Waals surface area (Å²) in [5.74, 6) is -2.27. The summed E-state index contributed by atoms with van der Waals surface area (Å²) in [5, 5.41) is 19.0. The molecule has 11 nitrogen and oxygen atoms in total. The second kappa shape index (κ2) is 14.5. The van der Waals surface area contributed by atoms with Gasteiger partial charge in [0.2, 0.25) is 5.82 Å². The van der Waals surface area contributed by atoms with Gasteiger partial charge in [0, 0.05) is 29.8 Å². The molecule has 0 radical (unpaired) electrons. The first-order chi connectivity index (χ1) is 22.4. The maximum absolute atomic E-state index is 15.2. The molecule has 246 valence electrons. The Morgan fingerprint density at radius 2 is 1.74 bits per heavy atom. The lowest BCUT2D eigenvalue weighted by atomic mass is 10.0. The van der Waals surface area contributed by atoms with Crippen molar-refractivity contribution in [2.45, 2.75) is 64.6 Å². The molecule has 0 spiro atoms. The monoisotopic (exact) mass is 643 g/mol. The normalized spacial score (nSPS) is 14.3. The first-order valence-electron chi connectivity index (χ1n) is 15.5. The predicted molar refractivity (Wildman–Crippen MR) is 173 cm³/mol. The summed E-state index contributed by atoms with van der Waals surface area (Å²) >= 11 is 0. The zero-order chi connectivity index (χ0) is 33.6. The van der Waals surface area contributed by atoms with Gasteiger partial charge in [0.05, 0.1) is 5.56 Å². The van der Waals surface area contributed by atoms with Gasteiger partial charge >= 0.3 is 12.1 Å². The van der Waals surface area contributed by atoms with Crippen LogP contribution in [-0.2, 0) is 22.5 Å². The number of ether oxygens (including phenoxy) is 1. The van der Waals surface area contributed by atoms with Gasteiger partial charge in [-0.1, -0.05) is 29.8 Å². The number of aliphatic carboxylic acids is 1. The second-order valence-electron chi connectivity index (χ2n) is 12.5.